The van der Waals surface area contributed by atoms with E-state index in [0.29, 0.717) is 23.4 Å². The zero-order valence-electron chi connectivity index (χ0n) is 9.57. The van der Waals surface area contributed by atoms with E-state index in [4.69, 9.17) is 17.4 Å². The molecule has 0 bridgehead atoms. The Morgan fingerprint density at radius 3 is 2.89 bits per heavy atom. The van der Waals surface area contributed by atoms with Gasteiger partial charge in [0.2, 0.25) is 0 Å². The van der Waals surface area contributed by atoms with Crippen LogP contribution in [0.5, 0.6) is 0 Å². The molecule has 0 aliphatic carbocycles. The number of hydrazine groups is 1. The molecule has 2 rings (SSSR count). The molecule has 0 spiro atoms. The van der Waals surface area contributed by atoms with Gasteiger partial charge in [0.15, 0.2) is 0 Å². The third-order valence-electron chi connectivity index (χ3n) is 2.65. The highest BCUT2D eigenvalue weighted by Gasteiger charge is 2.15. The van der Waals surface area contributed by atoms with Gasteiger partial charge in [0.05, 0.1) is 5.01 Å². The Morgan fingerprint density at radius 2 is 2.28 bits per heavy atom. The molecule has 0 aliphatic heterocycles. The van der Waals surface area contributed by atoms with Crippen LogP contribution in [0.2, 0.25) is 5.02 Å². The highest BCUT2D eigenvalue weighted by molar-refractivity contribution is 7.09. The van der Waals surface area contributed by atoms with Gasteiger partial charge in [-0.3, -0.25) is 11.3 Å². The summed E-state index contributed by atoms with van der Waals surface area (Å²) in [6.07, 6.45) is 2.82. The molecule has 1 aromatic carbocycles. The summed E-state index contributed by atoms with van der Waals surface area (Å²) in [7, 11) is 0. The van der Waals surface area contributed by atoms with Crippen LogP contribution < -0.4 is 11.3 Å². The predicted octanol–water partition coefficient (Wildman–Crippen LogP) is 2.55. The van der Waals surface area contributed by atoms with Gasteiger partial charge in [-0.25, -0.2) is 9.37 Å². The molecule has 6 heteroatoms. The van der Waals surface area contributed by atoms with Crippen LogP contribution in [0, 0.1) is 5.82 Å². The summed E-state index contributed by atoms with van der Waals surface area (Å²) in [6, 6.07) is 4.58. The van der Waals surface area contributed by atoms with Crippen LogP contribution in [0.1, 0.15) is 10.6 Å². The standard InChI is InChI=1S/C12H13ClFN3S/c13-10-2-1-3-11(14)9(10)6-8(17-15)7-12-16-4-5-18-12/h1-5,8,17H,6-7,15H2. The van der Waals surface area contributed by atoms with Gasteiger partial charge in [-0.05, 0) is 18.6 Å². The average molecular weight is 286 g/mol. The lowest BCUT2D eigenvalue weighted by Gasteiger charge is -2.15. The van der Waals surface area contributed by atoms with E-state index in [2.05, 4.69) is 10.4 Å². The van der Waals surface area contributed by atoms with Gasteiger partial charge in [-0.1, -0.05) is 17.7 Å². The van der Waals surface area contributed by atoms with E-state index < -0.39 is 0 Å². The summed E-state index contributed by atoms with van der Waals surface area (Å²) in [5.74, 6) is 5.19. The lowest BCUT2D eigenvalue weighted by molar-refractivity contribution is 0.506. The van der Waals surface area contributed by atoms with Crippen molar-refractivity contribution in [3.8, 4) is 0 Å². The highest BCUT2D eigenvalue weighted by atomic mass is 35.5. The van der Waals surface area contributed by atoms with E-state index in [0.717, 1.165) is 5.01 Å². The minimum absolute atomic E-state index is 0.0921. The number of nitrogens with two attached hydrogens (primary N) is 1. The summed E-state index contributed by atoms with van der Waals surface area (Å²) >= 11 is 7.54. The molecule has 0 amide bonds. The number of nitrogens with one attached hydrogen (secondary N) is 1. The highest BCUT2D eigenvalue weighted by Crippen LogP contribution is 2.21. The summed E-state index contributed by atoms with van der Waals surface area (Å²) in [5, 5.41) is 3.29. The first kappa shape index (κ1) is 13.4. The molecule has 1 aromatic heterocycles. The first-order chi connectivity index (χ1) is 8.70. The zero-order valence-corrected chi connectivity index (χ0v) is 11.1. The number of hydrogen-bond donors (Lipinski definition) is 2. The van der Waals surface area contributed by atoms with Crippen LogP contribution in [-0.4, -0.2) is 11.0 Å². The molecule has 0 radical (unpaired) electrons. The quantitative estimate of drug-likeness (QED) is 0.656. The van der Waals surface area contributed by atoms with Crippen molar-refractivity contribution in [1.29, 1.82) is 0 Å². The van der Waals surface area contributed by atoms with Crippen LogP contribution >= 0.6 is 22.9 Å². The topological polar surface area (TPSA) is 50.9 Å². The fourth-order valence-electron chi connectivity index (χ4n) is 1.73. The molecule has 0 saturated carbocycles. The Kier molecular flexibility index (Phi) is 4.66. The van der Waals surface area contributed by atoms with E-state index in [1.165, 1.54) is 6.07 Å². The van der Waals surface area contributed by atoms with E-state index in [-0.39, 0.29) is 11.9 Å². The largest absolute Gasteiger partial charge is 0.271 e. The van der Waals surface area contributed by atoms with Gasteiger partial charge in [0.1, 0.15) is 5.82 Å². The molecule has 0 saturated heterocycles. The van der Waals surface area contributed by atoms with E-state index in [1.54, 1.807) is 29.7 Å². The molecule has 1 unspecified atom stereocenters. The van der Waals surface area contributed by atoms with Gasteiger partial charge >= 0.3 is 0 Å². The molecule has 1 heterocycles. The molecule has 1 atom stereocenters. The van der Waals surface area contributed by atoms with Gasteiger partial charge in [-0.2, -0.15) is 0 Å². The third-order valence-corrected chi connectivity index (χ3v) is 3.81. The van der Waals surface area contributed by atoms with Gasteiger partial charge in [0, 0.05) is 34.6 Å². The van der Waals surface area contributed by atoms with Crippen LogP contribution in [0.4, 0.5) is 4.39 Å². The zero-order chi connectivity index (χ0) is 13.0. The number of thiazole rings is 1. The average Bonchev–Trinajstić information content (AvgIpc) is 2.85. The third kappa shape index (κ3) is 3.26. The molecular weight excluding hydrogens is 273 g/mol. The van der Waals surface area contributed by atoms with Crippen molar-refractivity contribution in [2.45, 2.75) is 18.9 Å². The van der Waals surface area contributed by atoms with Crippen molar-refractivity contribution >= 4 is 22.9 Å². The van der Waals surface area contributed by atoms with Gasteiger partial charge < -0.3 is 0 Å². The number of rotatable bonds is 5. The molecule has 0 aliphatic rings. The molecular formula is C12H13ClFN3S. The number of halogens is 2. The molecule has 96 valence electrons. The fourth-order valence-corrected chi connectivity index (χ4v) is 2.67. The Morgan fingerprint density at radius 1 is 1.44 bits per heavy atom. The van der Waals surface area contributed by atoms with Crippen LogP contribution in [0.3, 0.4) is 0 Å². The van der Waals surface area contributed by atoms with E-state index >= 15 is 0 Å². The second-order valence-electron chi connectivity index (χ2n) is 3.90. The maximum atomic E-state index is 13.7. The normalized spacial score (nSPS) is 12.6. The minimum Gasteiger partial charge on any atom is -0.271 e. The number of benzene rings is 1. The molecule has 0 fully saturated rings. The maximum Gasteiger partial charge on any atom is 0.127 e. The van der Waals surface area contributed by atoms with Gasteiger partial charge in [-0.15, -0.1) is 11.3 Å². The summed E-state index contributed by atoms with van der Waals surface area (Å²) in [6.45, 7) is 0. The lowest BCUT2D eigenvalue weighted by Crippen LogP contribution is -2.38. The van der Waals surface area contributed by atoms with Crippen LogP contribution in [0.15, 0.2) is 29.8 Å². The first-order valence-corrected chi connectivity index (χ1v) is 6.74. The number of aromatic nitrogens is 1. The van der Waals surface area contributed by atoms with Gasteiger partial charge in [0.25, 0.3) is 0 Å². The van der Waals surface area contributed by atoms with Crippen molar-refractivity contribution in [2.24, 2.45) is 5.84 Å². The smallest absolute Gasteiger partial charge is 0.127 e. The second kappa shape index (κ2) is 6.24. The predicted molar refractivity (Wildman–Crippen MR) is 72.0 cm³/mol. The summed E-state index contributed by atoms with van der Waals surface area (Å²) in [5.41, 5.74) is 3.17. The van der Waals surface area contributed by atoms with E-state index in [1.807, 2.05) is 5.38 Å². The van der Waals surface area contributed by atoms with Crippen molar-refractivity contribution in [3.63, 3.8) is 0 Å². The Hall–Kier alpha value is -1.01. The SMILES string of the molecule is NNC(Cc1nccs1)Cc1c(F)cccc1Cl. The van der Waals surface area contributed by atoms with Crippen molar-refractivity contribution in [1.82, 2.24) is 10.4 Å². The minimum atomic E-state index is -0.304. The Bertz CT molecular complexity index is 484. The number of hydrogen-bond acceptors (Lipinski definition) is 4. The molecule has 2 aromatic rings. The van der Waals surface area contributed by atoms with Crippen molar-refractivity contribution < 1.29 is 4.39 Å². The molecule has 3 nitrogen and oxygen atoms in total. The Labute approximate surface area is 114 Å². The maximum absolute atomic E-state index is 13.7. The molecule has 18 heavy (non-hydrogen) atoms. The monoisotopic (exact) mass is 285 g/mol. The van der Waals surface area contributed by atoms with Crippen LogP contribution in [0.25, 0.3) is 0 Å². The van der Waals surface area contributed by atoms with Crippen LogP contribution in [-0.2, 0) is 12.8 Å². The lowest BCUT2D eigenvalue weighted by atomic mass is 10.0. The summed E-state index contributed by atoms with van der Waals surface area (Å²) < 4.78 is 13.7. The number of nitrogens with zero attached hydrogens (tertiary/aromatic N) is 1. The van der Waals surface area contributed by atoms with Crippen molar-refractivity contribution in [2.75, 3.05) is 0 Å². The molecule has 3 N–H and O–H groups in total. The second-order valence-corrected chi connectivity index (χ2v) is 5.28. The fraction of sp³-hybridized carbons (Fsp3) is 0.250. The van der Waals surface area contributed by atoms with Crippen molar-refractivity contribution in [3.05, 3.63) is 51.2 Å². The summed E-state index contributed by atoms with van der Waals surface area (Å²) in [4.78, 5) is 4.19. The van der Waals surface area contributed by atoms with E-state index in [9.17, 15) is 4.39 Å². The Balaban J connectivity index is 2.10. The first-order valence-electron chi connectivity index (χ1n) is 5.48.